The van der Waals surface area contributed by atoms with Gasteiger partial charge in [0.1, 0.15) is 17.4 Å². The van der Waals surface area contributed by atoms with Gasteiger partial charge in [0, 0.05) is 18.4 Å². The van der Waals surface area contributed by atoms with Gasteiger partial charge in [-0.3, -0.25) is 35.2 Å². The lowest BCUT2D eigenvalue weighted by Crippen LogP contribution is -2.54. The number of aliphatic carboxylic acids is 2. The van der Waals surface area contributed by atoms with Gasteiger partial charge in [-0.25, -0.2) is 0 Å². The van der Waals surface area contributed by atoms with Gasteiger partial charge in [0.25, 0.3) is 5.69 Å². The number of nitro groups is 2. The molecule has 0 aliphatic heterocycles. The van der Waals surface area contributed by atoms with Gasteiger partial charge in [-0.2, -0.15) is 5.10 Å². The van der Waals surface area contributed by atoms with Crippen LogP contribution in [0.3, 0.4) is 0 Å². The molecule has 1 fully saturated rings. The van der Waals surface area contributed by atoms with E-state index in [9.17, 15) is 45.1 Å². The van der Waals surface area contributed by atoms with Crippen LogP contribution in [0.5, 0.6) is 5.75 Å². The topological polar surface area (TPSA) is 215 Å². The fraction of sp³-hybridized carbons (Fsp3) is 0.375. The van der Waals surface area contributed by atoms with Crippen LogP contribution in [0.15, 0.2) is 47.6 Å². The zero-order chi connectivity index (χ0) is 28.4. The minimum Gasteiger partial charge on any atom is -0.491 e. The third-order valence-electron chi connectivity index (χ3n) is 6.16. The number of non-ortho nitro benzene ring substituents is 1. The zero-order valence-corrected chi connectivity index (χ0v) is 20.6. The number of rotatable bonds is 9. The molecule has 0 aromatic heterocycles. The van der Waals surface area contributed by atoms with E-state index in [1.165, 1.54) is 19.1 Å². The van der Waals surface area contributed by atoms with Crippen molar-refractivity contribution in [3.8, 4) is 5.75 Å². The molecule has 14 nitrogen and oxygen atoms in total. The lowest BCUT2D eigenvalue weighted by atomic mass is 9.61. The van der Waals surface area contributed by atoms with Crippen molar-refractivity contribution in [2.45, 2.75) is 44.8 Å². The number of carbonyl (C=O) groups is 2. The highest BCUT2D eigenvalue weighted by atomic mass is 16.6. The monoisotopic (exact) mass is 530 g/mol. The minimum atomic E-state index is -1.95. The summed E-state index contributed by atoms with van der Waals surface area (Å²) in [6, 6.07) is 8.92. The molecule has 0 spiro atoms. The van der Waals surface area contributed by atoms with E-state index in [1.54, 1.807) is 12.1 Å². The second kappa shape index (κ2) is 10.8. The Morgan fingerprint density at radius 1 is 1.08 bits per heavy atom. The van der Waals surface area contributed by atoms with Gasteiger partial charge in [-0.05, 0) is 44.5 Å². The van der Waals surface area contributed by atoms with Crippen LogP contribution in [0.4, 0.5) is 17.1 Å². The molecule has 4 atom stereocenters. The molecule has 3 rings (SSSR count). The molecular formula is C24H26N4O10. The largest absolute Gasteiger partial charge is 0.491 e. The number of ether oxygens (including phenoxy) is 1. The molecule has 38 heavy (non-hydrogen) atoms. The zero-order valence-electron chi connectivity index (χ0n) is 20.6. The number of aliphatic hydroxyl groups is 1. The Hall–Kier alpha value is -4.59. The Labute approximate surface area is 215 Å². The van der Waals surface area contributed by atoms with E-state index in [1.807, 2.05) is 13.8 Å². The molecule has 2 aromatic rings. The number of nitro benzene ring substituents is 2. The predicted octanol–water partition coefficient (Wildman–Crippen LogP) is 3.40. The van der Waals surface area contributed by atoms with Gasteiger partial charge in [0.15, 0.2) is 0 Å². The van der Waals surface area contributed by atoms with Crippen LogP contribution in [0, 0.1) is 32.1 Å². The van der Waals surface area contributed by atoms with Crippen LogP contribution in [0.25, 0.3) is 0 Å². The van der Waals surface area contributed by atoms with E-state index in [0.717, 1.165) is 18.2 Å². The van der Waals surface area contributed by atoms with Crippen LogP contribution in [0.2, 0.25) is 0 Å². The molecule has 0 heterocycles. The van der Waals surface area contributed by atoms with E-state index in [2.05, 4.69) is 10.5 Å². The fourth-order valence-electron chi connectivity index (χ4n) is 4.63. The number of carboxylic acids is 2. The quantitative estimate of drug-likeness (QED) is 0.272. The van der Waals surface area contributed by atoms with Crippen LogP contribution in [-0.2, 0) is 9.59 Å². The molecule has 202 valence electrons. The van der Waals surface area contributed by atoms with E-state index in [-0.39, 0.29) is 17.5 Å². The third kappa shape index (κ3) is 5.86. The third-order valence-corrected chi connectivity index (χ3v) is 6.16. The summed E-state index contributed by atoms with van der Waals surface area (Å²) in [5.74, 6) is -6.68. The maximum absolute atomic E-state index is 12.5. The van der Waals surface area contributed by atoms with Gasteiger partial charge in [-0.15, -0.1) is 0 Å². The Balaban J connectivity index is 2.10. The number of hydrazone groups is 1. The first kappa shape index (κ1) is 28.0. The molecule has 2 aromatic carbocycles. The van der Waals surface area contributed by atoms with Crippen LogP contribution < -0.4 is 10.2 Å². The molecule has 0 bridgehead atoms. The second-order valence-electron chi connectivity index (χ2n) is 9.36. The summed E-state index contributed by atoms with van der Waals surface area (Å²) < 4.78 is 5.60. The van der Waals surface area contributed by atoms with Crippen molar-refractivity contribution >= 4 is 34.7 Å². The van der Waals surface area contributed by atoms with Crippen molar-refractivity contribution in [3.63, 3.8) is 0 Å². The number of nitrogens with zero attached hydrogens (tertiary/aromatic N) is 3. The fourth-order valence-corrected chi connectivity index (χ4v) is 4.63. The molecule has 0 radical (unpaired) electrons. The molecule has 14 heteroatoms. The first-order valence-electron chi connectivity index (χ1n) is 11.4. The van der Waals surface area contributed by atoms with Crippen LogP contribution in [0.1, 0.15) is 38.7 Å². The van der Waals surface area contributed by atoms with Crippen LogP contribution >= 0.6 is 0 Å². The summed E-state index contributed by atoms with van der Waals surface area (Å²) in [4.78, 5) is 45.5. The van der Waals surface area contributed by atoms with E-state index < -0.39 is 62.9 Å². The number of hydrogen-bond acceptors (Lipinski definition) is 10. The molecule has 1 saturated carbocycles. The maximum Gasteiger partial charge on any atom is 0.312 e. The molecule has 0 amide bonds. The Morgan fingerprint density at radius 3 is 2.21 bits per heavy atom. The van der Waals surface area contributed by atoms with Crippen molar-refractivity contribution in [2.24, 2.45) is 16.9 Å². The van der Waals surface area contributed by atoms with Crippen molar-refractivity contribution in [1.82, 2.24) is 0 Å². The number of nitrogens with one attached hydrogen (secondary N) is 1. The summed E-state index contributed by atoms with van der Waals surface area (Å²) in [5.41, 5.74) is -0.907. The van der Waals surface area contributed by atoms with E-state index >= 15 is 0 Å². The molecule has 4 N–H and O–H groups in total. The standard InChI is InChI=1S/C24H26N4O10/c1-12(2)38-15-7-4-13(5-8-15)19-20(22(29)30)17(11-24(3,33)21(19)23(31)32)26-25-16-9-6-14(27(34)35)10-18(16)28(36)37/h4-10,12,19-21,25,33H,11H2,1-3H3,(H,29,30)(H,31,32). The molecule has 0 saturated heterocycles. The van der Waals surface area contributed by atoms with Crippen molar-refractivity contribution in [3.05, 3.63) is 68.3 Å². The first-order chi connectivity index (χ1) is 17.7. The first-order valence-corrected chi connectivity index (χ1v) is 11.4. The lowest BCUT2D eigenvalue weighted by molar-refractivity contribution is -0.393. The van der Waals surface area contributed by atoms with Gasteiger partial charge < -0.3 is 20.1 Å². The summed E-state index contributed by atoms with van der Waals surface area (Å²) >= 11 is 0. The highest BCUT2D eigenvalue weighted by Gasteiger charge is 2.55. The average molecular weight is 530 g/mol. The van der Waals surface area contributed by atoms with E-state index in [4.69, 9.17) is 4.74 Å². The van der Waals surface area contributed by atoms with Gasteiger partial charge >= 0.3 is 17.6 Å². The number of benzene rings is 2. The smallest absolute Gasteiger partial charge is 0.312 e. The number of anilines is 1. The number of carboxylic acid groups (broad SMARTS) is 2. The lowest BCUT2D eigenvalue weighted by Gasteiger charge is -2.44. The van der Waals surface area contributed by atoms with Gasteiger partial charge in [0.05, 0.1) is 39.2 Å². The maximum atomic E-state index is 12.5. The molecular weight excluding hydrogens is 504 g/mol. The summed E-state index contributed by atoms with van der Waals surface area (Å²) in [6.07, 6.45) is -0.608. The summed E-state index contributed by atoms with van der Waals surface area (Å²) in [7, 11) is 0. The average Bonchev–Trinajstić information content (AvgIpc) is 2.81. The summed E-state index contributed by atoms with van der Waals surface area (Å²) in [6.45, 7) is 4.88. The van der Waals surface area contributed by atoms with Gasteiger partial charge in [0.2, 0.25) is 0 Å². The summed E-state index contributed by atoms with van der Waals surface area (Å²) in [5, 5.41) is 57.7. The van der Waals surface area contributed by atoms with Crippen molar-refractivity contribution < 1.29 is 39.5 Å². The molecule has 4 unspecified atom stereocenters. The molecule has 1 aliphatic carbocycles. The normalized spacial score (nSPS) is 24.1. The minimum absolute atomic E-state index is 0.136. The molecule has 1 aliphatic rings. The van der Waals surface area contributed by atoms with Crippen LogP contribution in [-0.4, -0.2) is 54.5 Å². The predicted molar refractivity (Wildman–Crippen MR) is 133 cm³/mol. The van der Waals surface area contributed by atoms with Crippen molar-refractivity contribution in [1.29, 1.82) is 0 Å². The Bertz CT molecular complexity index is 1290. The van der Waals surface area contributed by atoms with E-state index in [0.29, 0.717) is 11.3 Å². The van der Waals surface area contributed by atoms with Crippen molar-refractivity contribution in [2.75, 3.05) is 5.43 Å². The second-order valence-corrected chi connectivity index (χ2v) is 9.36. The number of hydrogen-bond donors (Lipinski definition) is 4. The SMILES string of the molecule is CC(C)Oc1ccc(C2C(C(=O)O)C(=NNc3ccc([N+](=O)[O-])cc3[N+](=O)[O-])CC(C)(O)C2C(=O)O)cc1. The van der Waals surface area contributed by atoms with Gasteiger partial charge in [-0.1, -0.05) is 12.1 Å². The highest BCUT2D eigenvalue weighted by Crippen LogP contribution is 2.46. The Morgan fingerprint density at radius 2 is 1.71 bits per heavy atom. The highest BCUT2D eigenvalue weighted by molar-refractivity contribution is 6.05. The Kier molecular flexibility index (Phi) is 7.96.